The van der Waals surface area contributed by atoms with Crippen molar-refractivity contribution in [1.82, 2.24) is 10.6 Å². The lowest BCUT2D eigenvalue weighted by Gasteiger charge is -2.28. The largest absolute Gasteiger partial charge is 0.376 e. The first-order valence-corrected chi connectivity index (χ1v) is 6.62. The van der Waals surface area contributed by atoms with Crippen LogP contribution in [0.5, 0.6) is 0 Å². The molecule has 19 heavy (non-hydrogen) atoms. The van der Waals surface area contributed by atoms with Crippen molar-refractivity contribution in [1.29, 1.82) is 0 Å². The number of hydrogen-bond donors (Lipinski definition) is 3. The first kappa shape index (κ1) is 13.8. The van der Waals surface area contributed by atoms with E-state index in [0.29, 0.717) is 12.6 Å². The van der Waals surface area contributed by atoms with Gasteiger partial charge in [0.05, 0.1) is 17.4 Å². The maximum atomic E-state index is 12.2. The molecule has 3 N–H and O–H groups in total. The smallest absolute Gasteiger partial charge is 0.242 e. The molecule has 0 aromatic heterocycles. The van der Waals surface area contributed by atoms with E-state index in [-0.39, 0.29) is 11.9 Å². The van der Waals surface area contributed by atoms with Crippen LogP contribution in [0, 0.1) is 0 Å². The average Bonchev–Trinajstić information content (AvgIpc) is 2.39. The fourth-order valence-corrected chi connectivity index (χ4v) is 2.16. The SMILES string of the molecule is CC1CNC(C(=O)Nc2ccccc2N(C)C)CN1. The van der Waals surface area contributed by atoms with Crippen LogP contribution < -0.4 is 20.9 Å². The van der Waals surface area contributed by atoms with Gasteiger partial charge in [-0.2, -0.15) is 0 Å². The van der Waals surface area contributed by atoms with Gasteiger partial charge in [0.25, 0.3) is 0 Å². The Morgan fingerprint density at radius 3 is 2.63 bits per heavy atom. The zero-order chi connectivity index (χ0) is 13.8. The molecule has 0 saturated carbocycles. The fraction of sp³-hybridized carbons (Fsp3) is 0.500. The number of anilines is 2. The topological polar surface area (TPSA) is 56.4 Å². The lowest BCUT2D eigenvalue weighted by atomic mass is 10.1. The van der Waals surface area contributed by atoms with Gasteiger partial charge in [0.15, 0.2) is 0 Å². The van der Waals surface area contributed by atoms with Crippen LogP contribution in [-0.4, -0.2) is 45.2 Å². The number of nitrogens with zero attached hydrogens (tertiary/aromatic N) is 1. The number of nitrogens with one attached hydrogen (secondary N) is 3. The van der Waals surface area contributed by atoms with Crippen molar-refractivity contribution in [3.63, 3.8) is 0 Å². The molecule has 5 heteroatoms. The Kier molecular flexibility index (Phi) is 4.39. The number of benzene rings is 1. The van der Waals surface area contributed by atoms with E-state index in [1.165, 1.54) is 0 Å². The van der Waals surface area contributed by atoms with Gasteiger partial charge in [0.1, 0.15) is 0 Å². The summed E-state index contributed by atoms with van der Waals surface area (Å²) in [5.41, 5.74) is 1.85. The molecule has 2 rings (SSSR count). The third kappa shape index (κ3) is 3.45. The van der Waals surface area contributed by atoms with E-state index in [1.807, 2.05) is 43.3 Å². The maximum absolute atomic E-state index is 12.2. The Labute approximate surface area is 114 Å². The molecule has 1 amide bonds. The molecule has 1 saturated heterocycles. The molecule has 0 spiro atoms. The highest BCUT2D eigenvalue weighted by atomic mass is 16.2. The summed E-state index contributed by atoms with van der Waals surface area (Å²) < 4.78 is 0. The van der Waals surface area contributed by atoms with E-state index in [1.54, 1.807) is 0 Å². The summed E-state index contributed by atoms with van der Waals surface area (Å²) in [6, 6.07) is 8.05. The molecular formula is C14H22N4O. The van der Waals surface area contributed by atoms with Gasteiger partial charge in [-0.05, 0) is 19.1 Å². The second kappa shape index (κ2) is 6.04. The zero-order valence-electron chi connectivity index (χ0n) is 11.7. The molecule has 2 unspecified atom stereocenters. The number of hydrogen-bond acceptors (Lipinski definition) is 4. The van der Waals surface area contributed by atoms with Crippen molar-refractivity contribution in [2.75, 3.05) is 37.4 Å². The highest BCUT2D eigenvalue weighted by molar-refractivity contribution is 5.97. The van der Waals surface area contributed by atoms with Crippen molar-refractivity contribution in [2.24, 2.45) is 0 Å². The Hall–Kier alpha value is -1.59. The highest BCUT2D eigenvalue weighted by Crippen LogP contribution is 2.23. The van der Waals surface area contributed by atoms with E-state index >= 15 is 0 Å². The van der Waals surface area contributed by atoms with Gasteiger partial charge in [-0.25, -0.2) is 0 Å². The molecule has 0 aliphatic carbocycles. The first-order chi connectivity index (χ1) is 9.08. The molecular weight excluding hydrogens is 240 g/mol. The van der Waals surface area contributed by atoms with Crippen LogP contribution in [-0.2, 0) is 4.79 Å². The third-order valence-electron chi connectivity index (χ3n) is 3.30. The zero-order valence-corrected chi connectivity index (χ0v) is 11.7. The Balaban J connectivity index is 2.03. The fourth-order valence-electron chi connectivity index (χ4n) is 2.16. The van der Waals surface area contributed by atoms with Crippen molar-refractivity contribution in [3.8, 4) is 0 Å². The molecule has 1 fully saturated rings. The van der Waals surface area contributed by atoms with Crippen LogP contribution in [0.3, 0.4) is 0 Å². The van der Waals surface area contributed by atoms with Crippen molar-refractivity contribution in [2.45, 2.75) is 19.0 Å². The molecule has 1 heterocycles. The minimum absolute atomic E-state index is 0.00806. The lowest BCUT2D eigenvalue weighted by molar-refractivity contribution is -0.118. The van der Waals surface area contributed by atoms with Gasteiger partial charge in [0, 0.05) is 33.2 Å². The van der Waals surface area contributed by atoms with E-state index < -0.39 is 0 Å². The van der Waals surface area contributed by atoms with E-state index in [0.717, 1.165) is 17.9 Å². The highest BCUT2D eigenvalue weighted by Gasteiger charge is 2.23. The van der Waals surface area contributed by atoms with E-state index in [4.69, 9.17) is 0 Å². The van der Waals surface area contributed by atoms with Gasteiger partial charge in [-0.15, -0.1) is 0 Å². The standard InChI is InChI=1S/C14H22N4O/c1-10-8-16-12(9-15-10)14(19)17-11-6-4-5-7-13(11)18(2)3/h4-7,10,12,15-16H,8-9H2,1-3H3,(H,17,19). The summed E-state index contributed by atoms with van der Waals surface area (Å²) in [4.78, 5) is 14.2. The average molecular weight is 262 g/mol. The Morgan fingerprint density at radius 1 is 1.26 bits per heavy atom. The van der Waals surface area contributed by atoms with Crippen molar-refractivity contribution in [3.05, 3.63) is 24.3 Å². The molecule has 1 aromatic rings. The van der Waals surface area contributed by atoms with Crippen LogP contribution in [0.25, 0.3) is 0 Å². The monoisotopic (exact) mass is 262 g/mol. The molecule has 5 nitrogen and oxygen atoms in total. The summed E-state index contributed by atoms with van der Waals surface area (Å²) in [6.07, 6.45) is 0. The van der Waals surface area contributed by atoms with E-state index in [2.05, 4.69) is 22.9 Å². The summed E-state index contributed by atoms with van der Waals surface area (Å²) in [7, 11) is 3.93. The molecule has 104 valence electrons. The maximum Gasteiger partial charge on any atom is 0.242 e. The predicted octanol–water partition coefficient (Wildman–Crippen LogP) is 0.641. The van der Waals surface area contributed by atoms with Gasteiger partial charge in [-0.3, -0.25) is 4.79 Å². The normalized spacial score (nSPS) is 22.9. The number of piperazine rings is 1. The Morgan fingerprint density at radius 2 is 2.00 bits per heavy atom. The first-order valence-electron chi connectivity index (χ1n) is 6.62. The minimum Gasteiger partial charge on any atom is -0.376 e. The van der Waals surface area contributed by atoms with Crippen LogP contribution in [0.4, 0.5) is 11.4 Å². The van der Waals surface area contributed by atoms with Crippen molar-refractivity contribution >= 4 is 17.3 Å². The molecule has 2 atom stereocenters. The van der Waals surface area contributed by atoms with Gasteiger partial charge in [-0.1, -0.05) is 12.1 Å². The van der Waals surface area contributed by atoms with Crippen LogP contribution >= 0.6 is 0 Å². The minimum atomic E-state index is -0.175. The summed E-state index contributed by atoms with van der Waals surface area (Å²) in [5.74, 6) is 0.00806. The molecule has 0 radical (unpaired) electrons. The second-order valence-corrected chi connectivity index (χ2v) is 5.17. The van der Waals surface area contributed by atoms with Gasteiger partial charge >= 0.3 is 0 Å². The number of amides is 1. The van der Waals surface area contributed by atoms with Crippen molar-refractivity contribution < 1.29 is 4.79 Å². The van der Waals surface area contributed by atoms with Crippen LogP contribution in [0.2, 0.25) is 0 Å². The second-order valence-electron chi connectivity index (χ2n) is 5.17. The number of rotatable bonds is 3. The van der Waals surface area contributed by atoms with Gasteiger partial charge < -0.3 is 20.9 Å². The van der Waals surface area contributed by atoms with Crippen LogP contribution in [0.1, 0.15) is 6.92 Å². The number of para-hydroxylation sites is 2. The van der Waals surface area contributed by atoms with E-state index in [9.17, 15) is 4.79 Å². The Bertz CT molecular complexity index is 439. The summed E-state index contributed by atoms with van der Waals surface area (Å²) in [5, 5.41) is 9.55. The van der Waals surface area contributed by atoms with Crippen LogP contribution in [0.15, 0.2) is 24.3 Å². The molecule has 0 bridgehead atoms. The third-order valence-corrected chi connectivity index (χ3v) is 3.30. The molecule has 1 aromatic carbocycles. The summed E-state index contributed by atoms with van der Waals surface area (Å²) >= 11 is 0. The number of carbonyl (C=O) groups is 1. The predicted molar refractivity (Wildman–Crippen MR) is 78.7 cm³/mol. The molecule has 1 aliphatic heterocycles. The molecule has 1 aliphatic rings. The van der Waals surface area contributed by atoms with Gasteiger partial charge in [0.2, 0.25) is 5.91 Å². The summed E-state index contributed by atoms with van der Waals surface area (Å²) in [6.45, 7) is 3.58. The quantitative estimate of drug-likeness (QED) is 0.748. The number of carbonyl (C=O) groups excluding carboxylic acids is 1. The lowest BCUT2D eigenvalue weighted by Crippen LogP contribution is -2.57.